The molecular weight excluding hydrogens is 477 g/mol. The van der Waals surface area contributed by atoms with Crippen LogP contribution in [0.5, 0.6) is 0 Å². The molecule has 1 N–H and O–H groups in total. The van der Waals surface area contributed by atoms with E-state index in [1.807, 2.05) is 25.7 Å². The SMILES string of the molecule is CC1CC1C1CN(C(=O)OC(C)(C)C)CC(N2CCCC(Nc3cc(Cl)cc(Cl)c3)C2=O)CO1. The van der Waals surface area contributed by atoms with E-state index in [2.05, 4.69) is 12.2 Å². The largest absolute Gasteiger partial charge is 0.444 e. The van der Waals surface area contributed by atoms with Crippen molar-refractivity contribution in [2.75, 3.05) is 31.6 Å². The molecule has 3 aliphatic rings. The lowest BCUT2D eigenvalue weighted by molar-refractivity contribution is -0.138. The number of piperidine rings is 1. The average Bonchev–Trinajstić information content (AvgIpc) is 3.48. The summed E-state index contributed by atoms with van der Waals surface area (Å²) >= 11 is 12.3. The molecule has 2 saturated heterocycles. The van der Waals surface area contributed by atoms with Crippen LogP contribution in [-0.4, -0.2) is 71.8 Å². The summed E-state index contributed by atoms with van der Waals surface area (Å²) in [5.74, 6) is 1.04. The number of benzene rings is 1. The molecule has 3 fully saturated rings. The van der Waals surface area contributed by atoms with Crippen LogP contribution in [-0.2, 0) is 14.3 Å². The summed E-state index contributed by atoms with van der Waals surface area (Å²) in [6.45, 7) is 9.74. The molecule has 0 bridgehead atoms. The lowest BCUT2D eigenvalue weighted by Gasteiger charge is -2.39. The van der Waals surface area contributed by atoms with E-state index in [0.29, 0.717) is 60.2 Å². The van der Waals surface area contributed by atoms with Gasteiger partial charge >= 0.3 is 6.09 Å². The molecule has 0 spiro atoms. The van der Waals surface area contributed by atoms with Crippen molar-refractivity contribution in [3.05, 3.63) is 28.2 Å². The van der Waals surface area contributed by atoms with Crippen LogP contribution in [0.25, 0.3) is 0 Å². The predicted molar refractivity (Wildman–Crippen MR) is 133 cm³/mol. The maximum Gasteiger partial charge on any atom is 0.410 e. The Morgan fingerprint density at radius 1 is 1.18 bits per heavy atom. The third-order valence-corrected chi connectivity index (χ3v) is 7.19. The van der Waals surface area contributed by atoms with Gasteiger partial charge in [-0.05, 0) is 70.1 Å². The van der Waals surface area contributed by atoms with Gasteiger partial charge in [-0.25, -0.2) is 4.79 Å². The molecule has 2 heterocycles. The summed E-state index contributed by atoms with van der Waals surface area (Å²) in [5, 5.41) is 4.33. The number of hydrogen-bond donors (Lipinski definition) is 1. The normalized spacial score (nSPS) is 30.1. The predicted octanol–water partition coefficient (Wildman–Crippen LogP) is 5.06. The van der Waals surface area contributed by atoms with E-state index in [-0.39, 0.29) is 30.2 Å². The zero-order valence-electron chi connectivity index (χ0n) is 20.4. The molecule has 1 aromatic carbocycles. The van der Waals surface area contributed by atoms with Crippen LogP contribution in [0.2, 0.25) is 10.0 Å². The van der Waals surface area contributed by atoms with Gasteiger partial charge in [0, 0.05) is 28.8 Å². The number of rotatable bonds is 4. The maximum absolute atomic E-state index is 13.5. The number of anilines is 1. The quantitative estimate of drug-likeness (QED) is 0.611. The topological polar surface area (TPSA) is 71.1 Å². The van der Waals surface area contributed by atoms with E-state index in [0.717, 1.165) is 12.8 Å². The monoisotopic (exact) mass is 511 g/mol. The molecule has 2 amide bonds. The van der Waals surface area contributed by atoms with Crippen LogP contribution in [0.3, 0.4) is 0 Å². The van der Waals surface area contributed by atoms with Crippen LogP contribution in [0, 0.1) is 11.8 Å². The number of ether oxygens (including phenoxy) is 2. The highest BCUT2D eigenvalue weighted by atomic mass is 35.5. The molecule has 9 heteroatoms. The van der Waals surface area contributed by atoms with Gasteiger partial charge in [0.1, 0.15) is 11.6 Å². The second-order valence-electron chi connectivity index (χ2n) is 10.8. The minimum absolute atomic E-state index is 0.00155. The Morgan fingerprint density at radius 2 is 1.85 bits per heavy atom. The Morgan fingerprint density at radius 3 is 2.47 bits per heavy atom. The molecular formula is C25H35Cl2N3O4. The van der Waals surface area contributed by atoms with Crippen LogP contribution < -0.4 is 5.32 Å². The fourth-order valence-corrected chi connectivity index (χ4v) is 5.44. The zero-order chi connectivity index (χ0) is 24.6. The van der Waals surface area contributed by atoms with Gasteiger partial charge in [-0.15, -0.1) is 0 Å². The maximum atomic E-state index is 13.5. The summed E-state index contributed by atoms with van der Waals surface area (Å²) in [6.07, 6.45) is 2.28. The van der Waals surface area contributed by atoms with Crippen molar-refractivity contribution in [2.45, 2.75) is 70.7 Å². The third kappa shape index (κ3) is 6.29. The van der Waals surface area contributed by atoms with Crippen molar-refractivity contribution >= 4 is 40.9 Å². The summed E-state index contributed by atoms with van der Waals surface area (Å²) in [4.78, 5) is 30.1. The van der Waals surface area contributed by atoms with E-state index in [9.17, 15) is 9.59 Å². The van der Waals surface area contributed by atoms with Gasteiger partial charge < -0.3 is 24.6 Å². The smallest absolute Gasteiger partial charge is 0.410 e. The van der Waals surface area contributed by atoms with E-state index < -0.39 is 5.60 Å². The average molecular weight is 512 g/mol. The lowest BCUT2D eigenvalue weighted by Crippen LogP contribution is -2.56. The van der Waals surface area contributed by atoms with Gasteiger partial charge in [0.25, 0.3) is 0 Å². The standard InChI is InChI=1S/C25H35Cl2N3O4/c1-15-8-20(15)22-13-29(24(32)34-25(2,3)4)12-19(14-33-22)30-7-5-6-21(23(30)31)28-18-10-16(26)9-17(27)11-18/h9-11,15,19-22,28H,5-8,12-14H2,1-4H3. The first-order chi connectivity index (χ1) is 16.0. The number of likely N-dealkylation sites (tertiary alicyclic amines) is 1. The summed E-state index contributed by atoms with van der Waals surface area (Å²) in [7, 11) is 0. The van der Waals surface area contributed by atoms with Crippen molar-refractivity contribution in [1.29, 1.82) is 0 Å². The highest BCUT2D eigenvalue weighted by Gasteiger charge is 2.45. The summed E-state index contributed by atoms with van der Waals surface area (Å²) in [6, 6.07) is 4.57. The molecule has 0 radical (unpaired) electrons. The Balaban J connectivity index is 1.49. The molecule has 7 nitrogen and oxygen atoms in total. The minimum Gasteiger partial charge on any atom is -0.444 e. The Hall–Kier alpha value is -1.70. The van der Waals surface area contributed by atoms with Crippen molar-refractivity contribution in [2.24, 2.45) is 11.8 Å². The van der Waals surface area contributed by atoms with Gasteiger partial charge in [-0.1, -0.05) is 30.1 Å². The highest BCUT2D eigenvalue weighted by molar-refractivity contribution is 6.35. The number of amides is 2. The molecule has 5 atom stereocenters. The molecule has 1 aliphatic carbocycles. The van der Waals surface area contributed by atoms with Crippen LogP contribution in [0.15, 0.2) is 18.2 Å². The number of nitrogens with zero attached hydrogens (tertiary/aromatic N) is 2. The first-order valence-corrected chi connectivity index (χ1v) is 12.9. The first kappa shape index (κ1) is 25.4. The molecule has 0 aromatic heterocycles. The van der Waals surface area contributed by atoms with E-state index in [1.165, 1.54) is 0 Å². The van der Waals surface area contributed by atoms with Gasteiger partial charge in [0.2, 0.25) is 5.91 Å². The molecule has 1 saturated carbocycles. The number of halogens is 2. The molecule has 5 unspecified atom stereocenters. The van der Waals surface area contributed by atoms with Gasteiger partial charge in [-0.3, -0.25) is 4.79 Å². The van der Waals surface area contributed by atoms with Crippen LogP contribution in [0.1, 0.15) is 47.0 Å². The molecule has 2 aliphatic heterocycles. The fraction of sp³-hybridized carbons (Fsp3) is 0.680. The fourth-order valence-electron chi connectivity index (χ4n) is 4.91. The van der Waals surface area contributed by atoms with Crippen LogP contribution in [0.4, 0.5) is 10.5 Å². The van der Waals surface area contributed by atoms with Gasteiger partial charge in [0.05, 0.1) is 25.3 Å². The first-order valence-electron chi connectivity index (χ1n) is 12.1. The second-order valence-corrected chi connectivity index (χ2v) is 11.7. The second kappa shape index (κ2) is 10.1. The van der Waals surface area contributed by atoms with E-state index in [1.54, 1.807) is 23.1 Å². The summed E-state index contributed by atoms with van der Waals surface area (Å²) < 4.78 is 12.0. The van der Waals surface area contributed by atoms with Gasteiger partial charge in [0.15, 0.2) is 0 Å². The lowest BCUT2D eigenvalue weighted by atomic mass is 10.0. The van der Waals surface area contributed by atoms with Crippen molar-refractivity contribution in [1.82, 2.24) is 9.80 Å². The third-order valence-electron chi connectivity index (χ3n) is 6.75. The van der Waals surface area contributed by atoms with Crippen LogP contribution >= 0.6 is 23.2 Å². The Kier molecular flexibility index (Phi) is 7.56. The van der Waals surface area contributed by atoms with Crippen molar-refractivity contribution in [3.8, 4) is 0 Å². The summed E-state index contributed by atoms with van der Waals surface area (Å²) in [5.41, 5.74) is 0.129. The van der Waals surface area contributed by atoms with E-state index in [4.69, 9.17) is 32.7 Å². The van der Waals surface area contributed by atoms with Crippen molar-refractivity contribution in [3.63, 3.8) is 0 Å². The Bertz CT molecular complexity index is 902. The number of carbonyl (C=O) groups is 2. The number of hydrogen-bond acceptors (Lipinski definition) is 5. The minimum atomic E-state index is -0.587. The van der Waals surface area contributed by atoms with Gasteiger partial charge in [-0.2, -0.15) is 0 Å². The molecule has 34 heavy (non-hydrogen) atoms. The van der Waals surface area contributed by atoms with Crippen molar-refractivity contribution < 1.29 is 19.1 Å². The Labute approximate surface area is 212 Å². The zero-order valence-corrected chi connectivity index (χ0v) is 21.9. The number of carbonyl (C=O) groups excluding carboxylic acids is 2. The highest BCUT2D eigenvalue weighted by Crippen LogP contribution is 2.43. The molecule has 4 rings (SSSR count). The molecule has 188 valence electrons. The molecule has 1 aromatic rings. The number of nitrogens with one attached hydrogen (secondary N) is 1. The van der Waals surface area contributed by atoms with E-state index >= 15 is 0 Å².